The van der Waals surface area contributed by atoms with Gasteiger partial charge >= 0.3 is 0 Å². The van der Waals surface area contributed by atoms with Crippen molar-refractivity contribution in [2.24, 2.45) is 0 Å². The van der Waals surface area contributed by atoms with E-state index in [9.17, 15) is 8.42 Å². The minimum Gasteiger partial charge on any atom is -0.313 e. The van der Waals surface area contributed by atoms with E-state index in [1.165, 1.54) is 4.31 Å². The van der Waals surface area contributed by atoms with Crippen molar-refractivity contribution in [2.75, 3.05) is 13.6 Å². The summed E-state index contributed by atoms with van der Waals surface area (Å²) in [5.74, 6) is 0. The van der Waals surface area contributed by atoms with Crippen molar-refractivity contribution in [3.63, 3.8) is 0 Å². The highest BCUT2D eigenvalue weighted by atomic mass is 32.2. The molecule has 1 N–H and O–H groups in total. The SMILES string of the molecule is CCCNCc1cc(S(=O)(=O)N(C)C2CC2)c(C)cc1C. The molecule has 1 fully saturated rings. The van der Waals surface area contributed by atoms with Crippen LogP contribution in [0.3, 0.4) is 0 Å². The van der Waals surface area contributed by atoms with E-state index >= 15 is 0 Å². The van der Waals surface area contributed by atoms with Crippen molar-refractivity contribution >= 4 is 10.0 Å². The summed E-state index contributed by atoms with van der Waals surface area (Å²) in [6, 6.07) is 4.02. The summed E-state index contributed by atoms with van der Waals surface area (Å²) in [6.07, 6.45) is 3.03. The van der Waals surface area contributed by atoms with Crippen LogP contribution >= 0.6 is 0 Å². The van der Waals surface area contributed by atoms with Gasteiger partial charge in [-0.05, 0) is 62.4 Å². The number of aryl methyl sites for hydroxylation is 2. The number of benzene rings is 1. The largest absolute Gasteiger partial charge is 0.313 e. The van der Waals surface area contributed by atoms with Gasteiger partial charge in [-0.1, -0.05) is 13.0 Å². The molecule has 0 aliphatic heterocycles. The smallest absolute Gasteiger partial charge is 0.243 e. The quantitative estimate of drug-likeness (QED) is 0.788. The Morgan fingerprint density at radius 1 is 1.24 bits per heavy atom. The lowest BCUT2D eigenvalue weighted by atomic mass is 10.1. The monoisotopic (exact) mass is 310 g/mol. The molecule has 0 saturated heterocycles. The van der Waals surface area contributed by atoms with Crippen molar-refractivity contribution in [1.82, 2.24) is 9.62 Å². The molecule has 0 spiro atoms. The van der Waals surface area contributed by atoms with E-state index < -0.39 is 10.0 Å². The van der Waals surface area contributed by atoms with Crippen LogP contribution in [0.2, 0.25) is 0 Å². The number of rotatable bonds is 7. The summed E-state index contributed by atoms with van der Waals surface area (Å²) in [6.45, 7) is 7.70. The second-order valence-corrected chi connectivity index (χ2v) is 7.94. The minimum atomic E-state index is -3.37. The zero-order valence-electron chi connectivity index (χ0n) is 13.4. The van der Waals surface area contributed by atoms with E-state index in [1.807, 2.05) is 26.0 Å². The van der Waals surface area contributed by atoms with Crippen LogP contribution in [-0.2, 0) is 16.6 Å². The number of hydrogen-bond donors (Lipinski definition) is 1. The first-order valence-electron chi connectivity index (χ1n) is 7.66. The summed E-state index contributed by atoms with van der Waals surface area (Å²) in [5, 5.41) is 3.35. The topological polar surface area (TPSA) is 49.4 Å². The molecular formula is C16H26N2O2S. The van der Waals surface area contributed by atoms with Crippen LogP contribution < -0.4 is 5.32 Å². The van der Waals surface area contributed by atoms with Gasteiger partial charge in [0, 0.05) is 19.6 Å². The molecule has 1 aliphatic rings. The normalized spacial score (nSPS) is 15.7. The maximum Gasteiger partial charge on any atom is 0.243 e. The summed E-state index contributed by atoms with van der Waals surface area (Å²) in [4.78, 5) is 0.454. The molecule has 2 rings (SSSR count). The van der Waals surface area contributed by atoms with E-state index in [2.05, 4.69) is 12.2 Å². The Bertz CT molecular complexity index is 607. The third kappa shape index (κ3) is 3.65. The summed E-state index contributed by atoms with van der Waals surface area (Å²) in [5.41, 5.74) is 3.04. The Labute approximate surface area is 128 Å². The molecule has 0 amide bonds. The van der Waals surface area contributed by atoms with E-state index in [1.54, 1.807) is 7.05 Å². The molecule has 0 unspecified atom stereocenters. The maximum atomic E-state index is 12.7. The lowest BCUT2D eigenvalue weighted by molar-refractivity contribution is 0.463. The minimum absolute atomic E-state index is 0.192. The Hall–Kier alpha value is -0.910. The van der Waals surface area contributed by atoms with Crippen molar-refractivity contribution in [1.29, 1.82) is 0 Å². The fraction of sp³-hybridized carbons (Fsp3) is 0.625. The van der Waals surface area contributed by atoms with Crippen molar-refractivity contribution in [3.8, 4) is 0 Å². The molecule has 0 heterocycles. The van der Waals surface area contributed by atoms with E-state index in [4.69, 9.17) is 0 Å². The second kappa shape index (κ2) is 6.46. The van der Waals surface area contributed by atoms with Crippen LogP contribution in [0.4, 0.5) is 0 Å². The molecule has 0 bridgehead atoms. The zero-order valence-corrected chi connectivity index (χ0v) is 14.3. The van der Waals surface area contributed by atoms with Gasteiger partial charge in [-0.25, -0.2) is 8.42 Å². The van der Waals surface area contributed by atoms with Crippen molar-refractivity contribution in [3.05, 3.63) is 28.8 Å². The molecule has 4 nitrogen and oxygen atoms in total. The molecule has 118 valence electrons. The molecule has 21 heavy (non-hydrogen) atoms. The van der Waals surface area contributed by atoms with E-state index in [0.717, 1.165) is 49.0 Å². The van der Waals surface area contributed by atoms with E-state index in [-0.39, 0.29) is 6.04 Å². The maximum absolute atomic E-state index is 12.7. The van der Waals surface area contributed by atoms with Crippen LogP contribution in [0.1, 0.15) is 42.9 Å². The Morgan fingerprint density at radius 3 is 2.48 bits per heavy atom. The average Bonchev–Trinajstić information content (AvgIpc) is 3.24. The Kier molecular flexibility index (Phi) is 5.07. The first-order chi connectivity index (χ1) is 9.87. The highest BCUT2D eigenvalue weighted by molar-refractivity contribution is 7.89. The van der Waals surface area contributed by atoms with Gasteiger partial charge < -0.3 is 5.32 Å². The molecule has 1 aliphatic carbocycles. The average molecular weight is 310 g/mol. The number of nitrogens with one attached hydrogen (secondary N) is 1. The molecule has 1 aromatic rings. The predicted molar refractivity (Wildman–Crippen MR) is 85.9 cm³/mol. The van der Waals surface area contributed by atoms with Gasteiger partial charge in [0.1, 0.15) is 0 Å². The molecule has 0 atom stereocenters. The van der Waals surface area contributed by atoms with Crippen LogP contribution in [0.5, 0.6) is 0 Å². The summed E-state index contributed by atoms with van der Waals surface area (Å²) in [7, 11) is -1.67. The molecular weight excluding hydrogens is 284 g/mol. The first-order valence-corrected chi connectivity index (χ1v) is 9.10. The number of sulfonamides is 1. The van der Waals surface area contributed by atoms with E-state index in [0.29, 0.717) is 4.90 Å². The lowest BCUT2D eigenvalue weighted by Gasteiger charge is -2.19. The predicted octanol–water partition coefficient (Wildman–Crippen LogP) is 2.59. The second-order valence-electron chi connectivity index (χ2n) is 5.97. The highest BCUT2D eigenvalue weighted by Gasteiger charge is 2.35. The molecule has 0 aromatic heterocycles. The van der Waals surface area contributed by atoms with Gasteiger partial charge in [0.15, 0.2) is 0 Å². The van der Waals surface area contributed by atoms with Crippen LogP contribution in [0.15, 0.2) is 17.0 Å². The fourth-order valence-corrected chi connectivity index (χ4v) is 4.20. The zero-order chi connectivity index (χ0) is 15.6. The van der Waals surface area contributed by atoms with Crippen molar-refractivity contribution in [2.45, 2.75) is 57.5 Å². The van der Waals surface area contributed by atoms with Crippen LogP contribution in [-0.4, -0.2) is 32.4 Å². The summed E-state index contributed by atoms with van der Waals surface area (Å²) < 4.78 is 27.0. The molecule has 1 aromatic carbocycles. The van der Waals surface area contributed by atoms with Gasteiger partial charge in [0.2, 0.25) is 10.0 Å². The van der Waals surface area contributed by atoms with Crippen molar-refractivity contribution < 1.29 is 8.42 Å². The van der Waals surface area contributed by atoms with Gasteiger partial charge in [0.05, 0.1) is 4.90 Å². The standard InChI is InChI=1S/C16H26N2O2S/c1-5-8-17-11-14-10-16(13(3)9-12(14)2)21(19,20)18(4)15-6-7-15/h9-10,15,17H,5-8,11H2,1-4H3. The Morgan fingerprint density at radius 2 is 1.90 bits per heavy atom. The third-order valence-corrected chi connectivity index (χ3v) is 6.15. The van der Waals surface area contributed by atoms with Gasteiger partial charge in [-0.15, -0.1) is 0 Å². The molecule has 1 saturated carbocycles. The lowest BCUT2D eigenvalue weighted by Crippen LogP contribution is -2.29. The van der Waals surface area contributed by atoms with Gasteiger partial charge in [-0.2, -0.15) is 4.31 Å². The molecule has 5 heteroatoms. The van der Waals surface area contributed by atoms with Crippen LogP contribution in [0.25, 0.3) is 0 Å². The number of hydrogen-bond acceptors (Lipinski definition) is 3. The highest BCUT2D eigenvalue weighted by Crippen LogP contribution is 2.32. The number of nitrogens with zero attached hydrogens (tertiary/aromatic N) is 1. The molecule has 0 radical (unpaired) electrons. The third-order valence-electron chi connectivity index (χ3n) is 4.09. The first kappa shape index (κ1) is 16.5. The van der Waals surface area contributed by atoms with Crippen LogP contribution in [0, 0.1) is 13.8 Å². The Balaban J connectivity index is 2.32. The van der Waals surface area contributed by atoms with Gasteiger partial charge in [-0.3, -0.25) is 0 Å². The summed E-state index contributed by atoms with van der Waals surface area (Å²) >= 11 is 0. The van der Waals surface area contributed by atoms with Gasteiger partial charge in [0.25, 0.3) is 0 Å². The fourth-order valence-electron chi connectivity index (χ4n) is 2.53.